The molecule has 2 rings (SSSR count). The molecule has 5 nitrogen and oxygen atoms in total. The third-order valence-corrected chi connectivity index (χ3v) is 4.34. The molecular weight excluding hydrogens is 346 g/mol. The predicted octanol–water partition coefficient (Wildman–Crippen LogP) is 3.09. The first kappa shape index (κ1) is 16.0. The number of aromatic nitrogens is 1. The highest BCUT2D eigenvalue weighted by atomic mass is 79.9. The summed E-state index contributed by atoms with van der Waals surface area (Å²) in [7, 11) is 1.42. The molecule has 0 saturated heterocycles. The van der Waals surface area contributed by atoms with Gasteiger partial charge in [-0.25, -0.2) is 0 Å². The Balaban J connectivity index is 2.56. The zero-order valence-corrected chi connectivity index (χ0v) is 14.0. The Morgan fingerprint density at radius 2 is 2.09 bits per heavy atom. The van der Waals surface area contributed by atoms with Crippen LogP contribution in [-0.2, 0) is 7.05 Å². The number of hydrogen-bond donors (Lipinski definition) is 1. The average Bonchev–Trinajstić information content (AvgIpc) is 2.49. The van der Waals surface area contributed by atoms with Gasteiger partial charge in [-0.15, -0.1) is 0 Å². The van der Waals surface area contributed by atoms with Crippen molar-refractivity contribution in [3.05, 3.63) is 55.3 Å². The Morgan fingerprint density at radius 1 is 1.41 bits per heavy atom. The number of nitriles is 1. The van der Waals surface area contributed by atoms with E-state index >= 15 is 0 Å². The molecule has 22 heavy (non-hydrogen) atoms. The first-order valence-corrected chi connectivity index (χ1v) is 7.29. The van der Waals surface area contributed by atoms with Gasteiger partial charge in [0, 0.05) is 17.7 Å². The van der Waals surface area contributed by atoms with Crippen LogP contribution in [0.1, 0.15) is 22.3 Å². The van der Waals surface area contributed by atoms with Crippen molar-refractivity contribution in [1.82, 2.24) is 4.57 Å². The van der Waals surface area contributed by atoms with Crippen LogP contribution >= 0.6 is 15.9 Å². The summed E-state index contributed by atoms with van der Waals surface area (Å²) >= 11 is 3.42. The Morgan fingerprint density at radius 3 is 2.68 bits per heavy atom. The highest BCUT2D eigenvalue weighted by Crippen LogP contribution is 2.23. The van der Waals surface area contributed by atoms with Crippen molar-refractivity contribution in [2.45, 2.75) is 13.8 Å². The first-order chi connectivity index (χ1) is 10.4. The normalized spacial score (nSPS) is 10.9. The maximum absolute atomic E-state index is 11.9. The Bertz CT molecular complexity index is 876. The van der Waals surface area contributed by atoms with Gasteiger partial charge < -0.3 is 5.11 Å². The topological polar surface area (TPSA) is 78.4 Å². The maximum atomic E-state index is 11.9. The fraction of sp³-hybridized carbons (Fsp3) is 0.188. The van der Waals surface area contributed by atoms with Gasteiger partial charge >= 0.3 is 0 Å². The Labute approximate surface area is 136 Å². The molecule has 0 aliphatic carbocycles. The number of benzene rings is 1. The second-order valence-corrected chi connectivity index (χ2v) is 5.76. The van der Waals surface area contributed by atoms with Gasteiger partial charge in [-0.1, -0.05) is 15.9 Å². The van der Waals surface area contributed by atoms with E-state index in [1.54, 1.807) is 6.92 Å². The summed E-state index contributed by atoms with van der Waals surface area (Å²) in [6.07, 6.45) is 1.47. The third kappa shape index (κ3) is 2.81. The zero-order chi connectivity index (χ0) is 16.4. The van der Waals surface area contributed by atoms with Gasteiger partial charge in [0.05, 0.1) is 11.3 Å². The number of halogens is 1. The van der Waals surface area contributed by atoms with Crippen LogP contribution in [0.3, 0.4) is 0 Å². The number of aryl methyl sites for hydroxylation is 1. The van der Waals surface area contributed by atoms with Crippen LogP contribution in [0.2, 0.25) is 0 Å². The molecule has 0 amide bonds. The van der Waals surface area contributed by atoms with Gasteiger partial charge in [0.1, 0.15) is 11.6 Å². The minimum absolute atomic E-state index is 0.00809. The minimum Gasteiger partial charge on any atom is -0.494 e. The first-order valence-electron chi connectivity index (χ1n) is 6.49. The van der Waals surface area contributed by atoms with Gasteiger partial charge in [0.2, 0.25) is 5.88 Å². The smallest absolute Gasteiger partial charge is 0.271 e. The van der Waals surface area contributed by atoms with E-state index < -0.39 is 5.56 Å². The molecular formula is C16H14BrN3O2. The summed E-state index contributed by atoms with van der Waals surface area (Å²) < 4.78 is 2.03. The molecule has 0 aliphatic heterocycles. The number of aromatic hydroxyl groups is 1. The van der Waals surface area contributed by atoms with Crippen LogP contribution in [0.25, 0.3) is 0 Å². The molecule has 112 valence electrons. The van der Waals surface area contributed by atoms with Crippen LogP contribution < -0.4 is 5.56 Å². The molecule has 1 heterocycles. The molecule has 0 unspecified atom stereocenters. The molecule has 1 aromatic carbocycles. The fourth-order valence-electron chi connectivity index (χ4n) is 2.04. The van der Waals surface area contributed by atoms with E-state index in [-0.39, 0.29) is 11.4 Å². The third-order valence-electron chi connectivity index (χ3n) is 3.45. The lowest BCUT2D eigenvalue weighted by Gasteiger charge is -2.09. The number of hydrogen-bond acceptors (Lipinski definition) is 4. The van der Waals surface area contributed by atoms with Crippen LogP contribution in [0.5, 0.6) is 5.88 Å². The standard InChI is InChI=1S/C16H14BrN3O2/c1-9-6-11(4-5-14(9)17)19-8-13-10(2)12(7-18)15(21)20(3)16(13)22/h4-6,8,22H,1-3H3. The Kier molecular flexibility index (Phi) is 4.48. The Hall–Kier alpha value is -2.39. The molecule has 0 saturated carbocycles. The van der Waals surface area contributed by atoms with E-state index in [0.29, 0.717) is 16.8 Å². The summed E-state index contributed by atoms with van der Waals surface area (Å²) in [6, 6.07) is 7.48. The molecule has 0 bridgehead atoms. The van der Waals surface area contributed by atoms with E-state index in [1.165, 1.54) is 13.3 Å². The van der Waals surface area contributed by atoms with E-state index in [1.807, 2.05) is 31.2 Å². The SMILES string of the molecule is Cc1cc(N=Cc2c(C)c(C#N)c(=O)n(C)c2O)ccc1Br. The van der Waals surface area contributed by atoms with Gasteiger partial charge in [0.15, 0.2) is 0 Å². The zero-order valence-electron chi connectivity index (χ0n) is 12.4. The molecule has 0 atom stereocenters. The highest BCUT2D eigenvalue weighted by molar-refractivity contribution is 9.10. The van der Waals surface area contributed by atoms with E-state index in [0.717, 1.165) is 14.6 Å². The second kappa shape index (κ2) is 6.16. The van der Waals surface area contributed by atoms with Gasteiger partial charge in [-0.2, -0.15) is 5.26 Å². The summed E-state index contributed by atoms with van der Waals surface area (Å²) in [5.74, 6) is -0.209. The largest absolute Gasteiger partial charge is 0.494 e. The summed E-state index contributed by atoms with van der Waals surface area (Å²) in [6.45, 7) is 3.57. The van der Waals surface area contributed by atoms with E-state index in [9.17, 15) is 9.90 Å². The van der Waals surface area contributed by atoms with Gasteiger partial charge in [0.25, 0.3) is 5.56 Å². The molecule has 0 fully saturated rings. The molecule has 1 N–H and O–H groups in total. The fourth-order valence-corrected chi connectivity index (χ4v) is 2.29. The van der Waals surface area contributed by atoms with Gasteiger partial charge in [-0.3, -0.25) is 14.4 Å². The lowest BCUT2D eigenvalue weighted by Crippen LogP contribution is -2.22. The van der Waals surface area contributed by atoms with Crippen molar-refractivity contribution >= 4 is 27.8 Å². The molecule has 6 heteroatoms. The monoisotopic (exact) mass is 359 g/mol. The van der Waals surface area contributed by atoms with Crippen molar-refractivity contribution in [3.63, 3.8) is 0 Å². The quantitative estimate of drug-likeness (QED) is 0.836. The average molecular weight is 360 g/mol. The molecule has 0 spiro atoms. The van der Waals surface area contributed by atoms with Crippen LogP contribution in [-0.4, -0.2) is 15.9 Å². The van der Waals surface area contributed by atoms with Crippen molar-refractivity contribution in [2.75, 3.05) is 0 Å². The lowest BCUT2D eigenvalue weighted by molar-refractivity contribution is 0.421. The molecule has 0 aliphatic rings. The van der Waals surface area contributed by atoms with Crippen molar-refractivity contribution < 1.29 is 5.11 Å². The lowest BCUT2D eigenvalue weighted by atomic mass is 10.1. The minimum atomic E-state index is -0.519. The van der Waals surface area contributed by atoms with Crippen molar-refractivity contribution in [2.24, 2.45) is 12.0 Å². The molecule has 2 aromatic rings. The van der Waals surface area contributed by atoms with Gasteiger partial charge in [-0.05, 0) is 43.2 Å². The maximum Gasteiger partial charge on any atom is 0.271 e. The van der Waals surface area contributed by atoms with Crippen molar-refractivity contribution in [1.29, 1.82) is 5.26 Å². The number of pyridine rings is 1. The molecule has 1 aromatic heterocycles. The number of rotatable bonds is 2. The summed E-state index contributed by atoms with van der Waals surface area (Å²) in [4.78, 5) is 16.2. The molecule has 0 radical (unpaired) electrons. The van der Waals surface area contributed by atoms with Crippen LogP contribution in [0.4, 0.5) is 5.69 Å². The van der Waals surface area contributed by atoms with Crippen molar-refractivity contribution in [3.8, 4) is 11.9 Å². The van der Waals surface area contributed by atoms with Crippen LogP contribution in [0, 0.1) is 25.2 Å². The predicted molar refractivity (Wildman–Crippen MR) is 88.9 cm³/mol. The summed E-state index contributed by atoms with van der Waals surface area (Å²) in [5, 5.41) is 19.2. The summed E-state index contributed by atoms with van der Waals surface area (Å²) in [5.41, 5.74) is 2.02. The second-order valence-electron chi connectivity index (χ2n) is 4.90. The van der Waals surface area contributed by atoms with E-state index in [2.05, 4.69) is 20.9 Å². The number of aliphatic imine (C=N–C) groups is 1. The highest BCUT2D eigenvalue weighted by Gasteiger charge is 2.15. The van der Waals surface area contributed by atoms with Crippen LogP contribution in [0.15, 0.2) is 32.5 Å². The van der Waals surface area contributed by atoms with E-state index in [4.69, 9.17) is 5.26 Å². The number of nitrogens with zero attached hydrogens (tertiary/aromatic N) is 3.